The van der Waals surface area contributed by atoms with Crippen LogP contribution in [-0.2, 0) is 10.4 Å². The van der Waals surface area contributed by atoms with Crippen LogP contribution >= 0.6 is 10.7 Å². The maximum absolute atomic E-state index is 12.2. The van der Waals surface area contributed by atoms with Crippen LogP contribution in [0.1, 0.15) is 0 Å². The monoisotopic (exact) mass is 252 g/mol. The Balaban J connectivity index is 5.22. The SMILES string of the molecule is [O-][S+](Cl)C(F)(C(F)(F)F)C(F)(F)F. The summed E-state index contributed by atoms with van der Waals surface area (Å²) in [7, 11) is -0.241. The van der Waals surface area contributed by atoms with Crippen molar-refractivity contribution in [2.75, 3.05) is 0 Å². The van der Waals surface area contributed by atoms with Crippen molar-refractivity contribution in [2.45, 2.75) is 17.4 Å². The number of alkyl halides is 7. The smallest absolute Gasteiger partial charge is 0.484 e. The predicted octanol–water partition coefficient (Wildman–Crippen LogP) is 2.68. The lowest BCUT2D eigenvalue weighted by atomic mass is 10.3. The molecule has 1 atom stereocenters. The van der Waals surface area contributed by atoms with Crippen molar-refractivity contribution in [2.24, 2.45) is 0 Å². The predicted molar refractivity (Wildman–Crippen MR) is 29.9 cm³/mol. The molecule has 0 saturated heterocycles. The fraction of sp³-hybridized carbons (Fsp3) is 1.00. The maximum Gasteiger partial charge on any atom is 0.484 e. The molecule has 10 heteroatoms. The average molecular weight is 253 g/mol. The molecule has 0 aromatic rings. The second kappa shape index (κ2) is 3.35. The van der Waals surface area contributed by atoms with E-state index < -0.39 is 27.7 Å². The Labute approximate surface area is 74.5 Å². The summed E-state index contributed by atoms with van der Waals surface area (Å²) in [4.78, 5) is 0. The molecular formula is C3ClF7OS. The van der Waals surface area contributed by atoms with Crippen LogP contribution in [0, 0.1) is 0 Å². The van der Waals surface area contributed by atoms with Gasteiger partial charge in [0.2, 0.25) is 0 Å². The summed E-state index contributed by atoms with van der Waals surface area (Å²) in [5, 5.41) is -5.89. The molecule has 0 aromatic carbocycles. The minimum absolute atomic E-state index is 4.01. The Kier molecular flexibility index (Phi) is 3.38. The minimum Gasteiger partial charge on any atom is -0.596 e. The summed E-state index contributed by atoms with van der Waals surface area (Å²) in [5.74, 6) is 0. The molecule has 0 heterocycles. The largest absolute Gasteiger partial charge is 0.596 e. The van der Waals surface area contributed by atoms with E-state index in [0.717, 1.165) is 0 Å². The highest BCUT2D eigenvalue weighted by Crippen LogP contribution is 2.50. The van der Waals surface area contributed by atoms with Crippen molar-refractivity contribution >= 4 is 21.1 Å². The first-order valence-corrected chi connectivity index (χ1v) is 4.32. The topological polar surface area (TPSA) is 23.1 Å². The molecule has 0 aliphatic rings. The van der Waals surface area contributed by atoms with Crippen LogP contribution in [0.4, 0.5) is 30.7 Å². The van der Waals surface area contributed by atoms with Crippen LogP contribution in [0.15, 0.2) is 0 Å². The van der Waals surface area contributed by atoms with Gasteiger partial charge in [0.1, 0.15) is 10.4 Å². The molecule has 0 bridgehead atoms. The molecule has 0 amide bonds. The van der Waals surface area contributed by atoms with E-state index in [4.69, 9.17) is 0 Å². The van der Waals surface area contributed by atoms with Gasteiger partial charge >= 0.3 is 17.4 Å². The molecule has 1 unspecified atom stereocenters. The van der Waals surface area contributed by atoms with Crippen LogP contribution in [0.3, 0.4) is 0 Å². The number of halogens is 8. The van der Waals surface area contributed by atoms with Gasteiger partial charge in [-0.25, -0.2) is 0 Å². The van der Waals surface area contributed by atoms with Crippen LogP contribution in [0.5, 0.6) is 0 Å². The molecule has 0 aromatic heterocycles. The lowest BCUT2D eigenvalue weighted by Gasteiger charge is -2.26. The second-order valence-electron chi connectivity index (χ2n) is 1.81. The first kappa shape index (κ1) is 13.1. The van der Waals surface area contributed by atoms with Gasteiger partial charge in [0.05, 0.1) is 0 Å². The quantitative estimate of drug-likeness (QED) is 0.520. The van der Waals surface area contributed by atoms with Gasteiger partial charge in [-0.05, 0) is 0 Å². The molecule has 0 saturated carbocycles. The Morgan fingerprint density at radius 1 is 0.846 bits per heavy atom. The zero-order valence-electron chi connectivity index (χ0n) is 5.34. The highest BCUT2D eigenvalue weighted by atomic mass is 35.7. The van der Waals surface area contributed by atoms with Gasteiger partial charge in [-0.1, -0.05) is 0 Å². The Morgan fingerprint density at radius 3 is 1.08 bits per heavy atom. The van der Waals surface area contributed by atoms with Gasteiger partial charge in [0, 0.05) is 0 Å². The van der Waals surface area contributed by atoms with Crippen LogP contribution in [-0.4, -0.2) is 21.9 Å². The molecule has 1 nitrogen and oxygen atoms in total. The third-order valence-electron chi connectivity index (χ3n) is 0.950. The van der Waals surface area contributed by atoms with Crippen LogP contribution < -0.4 is 0 Å². The first-order valence-electron chi connectivity index (χ1n) is 2.35. The molecule has 0 rings (SSSR count). The van der Waals surface area contributed by atoms with Gasteiger partial charge in [0.25, 0.3) is 0 Å². The normalized spacial score (nSPS) is 17.3. The second-order valence-corrected chi connectivity index (χ2v) is 3.66. The molecule has 80 valence electrons. The van der Waals surface area contributed by atoms with Crippen LogP contribution in [0.2, 0.25) is 0 Å². The third kappa shape index (κ3) is 2.13. The zero-order valence-corrected chi connectivity index (χ0v) is 6.91. The fourth-order valence-corrected chi connectivity index (χ4v) is 1.23. The maximum atomic E-state index is 12.2. The zero-order chi connectivity index (χ0) is 11.1. The van der Waals surface area contributed by atoms with Crippen molar-refractivity contribution in [1.29, 1.82) is 0 Å². The molecular weight excluding hydrogens is 253 g/mol. The lowest BCUT2D eigenvalue weighted by Crippen LogP contribution is -2.56. The fourth-order valence-electron chi connectivity index (χ4n) is 0.343. The van der Waals surface area contributed by atoms with Crippen molar-refractivity contribution in [3.05, 3.63) is 0 Å². The van der Waals surface area contributed by atoms with E-state index in [0.29, 0.717) is 0 Å². The summed E-state index contributed by atoms with van der Waals surface area (Å²) < 4.78 is 90.9. The average Bonchev–Trinajstić information content (AvgIpc) is 1.80. The standard InChI is InChI=1S/C3ClF7OS/c4-13(12)1(5,2(6,7)8)3(9,10)11. The van der Waals surface area contributed by atoms with E-state index in [1.807, 2.05) is 0 Å². The molecule has 0 spiro atoms. The summed E-state index contributed by atoms with van der Waals surface area (Å²) in [6.07, 6.45) is -12.7. The molecule has 0 aliphatic carbocycles. The Hall–Kier alpha value is 0.110. The van der Waals surface area contributed by atoms with Crippen molar-refractivity contribution in [3.63, 3.8) is 0 Å². The molecule has 0 N–H and O–H groups in total. The Bertz CT molecular complexity index is 171. The van der Waals surface area contributed by atoms with Crippen molar-refractivity contribution in [1.82, 2.24) is 0 Å². The molecule has 13 heavy (non-hydrogen) atoms. The lowest BCUT2D eigenvalue weighted by molar-refractivity contribution is -0.305. The van der Waals surface area contributed by atoms with Gasteiger partial charge in [-0.15, -0.1) is 0 Å². The summed E-state index contributed by atoms with van der Waals surface area (Å²) in [6.45, 7) is 0. The summed E-state index contributed by atoms with van der Waals surface area (Å²) in [5.41, 5.74) is 0. The van der Waals surface area contributed by atoms with Crippen molar-refractivity contribution in [3.8, 4) is 0 Å². The van der Waals surface area contributed by atoms with E-state index in [2.05, 4.69) is 10.7 Å². The molecule has 0 radical (unpaired) electrons. The highest BCUT2D eigenvalue weighted by molar-refractivity contribution is 8.14. The van der Waals surface area contributed by atoms with Gasteiger partial charge in [0.15, 0.2) is 10.7 Å². The van der Waals surface area contributed by atoms with Gasteiger partial charge < -0.3 is 4.55 Å². The van der Waals surface area contributed by atoms with E-state index in [-0.39, 0.29) is 0 Å². The first-order chi connectivity index (χ1) is 5.44. The number of hydrogen-bond donors (Lipinski definition) is 0. The summed E-state index contributed by atoms with van der Waals surface area (Å²) >= 11 is 0. The van der Waals surface area contributed by atoms with Gasteiger partial charge in [-0.3, -0.25) is 0 Å². The van der Waals surface area contributed by atoms with E-state index >= 15 is 0 Å². The molecule has 0 fully saturated rings. The van der Waals surface area contributed by atoms with Crippen molar-refractivity contribution < 1.29 is 35.3 Å². The third-order valence-corrected chi connectivity index (χ3v) is 2.49. The van der Waals surface area contributed by atoms with Crippen LogP contribution in [0.25, 0.3) is 0 Å². The Morgan fingerprint density at radius 2 is 1.08 bits per heavy atom. The number of rotatable bonds is 1. The minimum atomic E-state index is -6.36. The van der Waals surface area contributed by atoms with Gasteiger partial charge in [-0.2, -0.15) is 30.7 Å². The van der Waals surface area contributed by atoms with E-state index in [9.17, 15) is 35.3 Å². The number of hydrogen-bond acceptors (Lipinski definition) is 1. The van der Waals surface area contributed by atoms with E-state index in [1.54, 1.807) is 0 Å². The van der Waals surface area contributed by atoms with E-state index in [1.165, 1.54) is 0 Å². The summed E-state index contributed by atoms with van der Waals surface area (Å²) in [6, 6.07) is 0. The highest BCUT2D eigenvalue weighted by Gasteiger charge is 2.82. The molecule has 0 aliphatic heterocycles.